The SMILES string of the molecule is CO/N=C1\c2cc(OC)ccc2C(=O)N1C(C)(C)C. The number of oxime groups is 1. The van der Waals surface area contributed by atoms with Gasteiger partial charge in [-0.15, -0.1) is 0 Å². The van der Waals surface area contributed by atoms with Crippen LogP contribution >= 0.6 is 0 Å². The van der Waals surface area contributed by atoms with E-state index >= 15 is 0 Å². The Morgan fingerprint density at radius 1 is 1.16 bits per heavy atom. The van der Waals surface area contributed by atoms with Crippen LogP contribution in [0.1, 0.15) is 36.7 Å². The van der Waals surface area contributed by atoms with Gasteiger partial charge >= 0.3 is 0 Å². The average Bonchev–Trinajstić information content (AvgIpc) is 2.62. The van der Waals surface area contributed by atoms with Gasteiger partial charge in [-0.25, -0.2) is 0 Å². The monoisotopic (exact) mass is 262 g/mol. The minimum Gasteiger partial charge on any atom is -0.497 e. The van der Waals surface area contributed by atoms with Crippen LogP contribution in [0, 0.1) is 0 Å². The number of carbonyl (C=O) groups excluding carboxylic acids is 1. The number of benzene rings is 1. The summed E-state index contributed by atoms with van der Waals surface area (Å²) in [6.07, 6.45) is 0. The van der Waals surface area contributed by atoms with Crippen molar-refractivity contribution in [3.05, 3.63) is 29.3 Å². The first-order valence-corrected chi connectivity index (χ1v) is 6.04. The van der Waals surface area contributed by atoms with E-state index < -0.39 is 0 Å². The second-order valence-corrected chi connectivity index (χ2v) is 5.32. The smallest absolute Gasteiger partial charge is 0.260 e. The van der Waals surface area contributed by atoms with Crippen LogP contribution in [0.2, 0.25) is 0 Å². The lowest BCUT2D eigenvalue weighted by Crippen LogP contribution is -2.45. The summed E-state index contributed by atoms with van der Waals surface area (Å²) in [4.78, 5) is 19.0. The van der Waals surface area contributed by atoms with Crippen LogP contribution < -0.4 is 4.74 Å². The van der Waals surface area contributed by atoms with Gasteiger partial charge in [0.25, 0.3) is 5.91 Å². The Kier molecular flexibility index (Phi) is 3.22. The minimum atomic E-state index is -0.374. The van der Waals surface area contributed by atoms with Crippen LogP contribution in [-0.4, -0.2) is 36.4 Å². The highest BCUT2D eigenvalue weighted by molar-refractivity contribution is 6.23. The molecule has 1 aromatic carbocycles. The first kappa shape index (κ1) is 13.4. The molecule has 0 saturated heterocycles. The Bertz CT molecular complexity index is 544. The number of hydrogen-bond donors (Lipinski definition) is 0. The highest BCUT2D eigenvalue weighted by atomic mass is 16.6. The summed E-state index contributed by atoms with van der Waals surface area (Å²) >= 11 is 0. The molecule has 0 radical (unpaired) electrons. The fourth-order valence-electron chi connectivity index (χ4n) is 2.16. The Morgan fingerprint density at radius 2 is 1.84 bits per heavy atom. The topological polar surface area (TPSA) is 51.1 Å². The van der Waals surface area contributed by atoms with E-state index in [0.717, 1.165) is 5.56 Å². The van der Waals surface area contributed by atoms with E-state index in [2.05, 4.69) is 5.16 Å². The van der Waals surface area contributed by atoms with Gasteiger partial charge in [-0.05, 0) is 39.0 Å². The van der Waals surface area contributed by atoms with E-state index in [-0.39, 0.29) is 11.4 Å². The summed E-state index contributed by atoms with van der Waals surface area (Å²) in [5.74, 6) is 1.14. The number of ether oxygens (including phenoxy) is 1. The van der Waals surface area contributed by atoms with E-state index in [4.69, 9.17) is 9.57 Å². The van der Waals surface area contributed by atoms with Crippen molar-refractivity contribution in [2.75, 3.05) is 14.2 Å². The fourth-order valence-corrected chi connectivity index (χ4v) is 2.16. The van der Waals surface area contributed by atoms with E-state index in [1.807, 2.05) is 20.8 Å². The summed E-state index contributed by atoms with van der Waals surface area (Å²) in [6, 6.07) is 5.33. The van der Waals surface area contributed by atoms with Gasteiger partial charge in [-0.2, -0.15) is 0 Å². The van der Waals surface area contributed by atoms with Crippen molar-refractivity contribution in [1.82, 2.24) is 4.90 Å². The molecule has 2 rings (SSSR count). The number of hydrogen-bond acceptors (Lipinski definition) is 4. The molecule has 0 aromatic heterocycles. The molecular weight excluding hydrogens is 244 g/mol. The standard InChI is InChI=1S/C14H18N2O3/c1-14(2,3)16-12(15-19-5)11-8-9(18-4)6-7-10(11)13(16)17/h6-8H,1-5H3/b15-12+. The first-order valence-electron chi connectivity index (χ1n) is 6.04. The van der Waals surface area contributed by atoms with E-state index in [1.165, 1.54) is 7.11 Å². The Hall–Kier alpha value is -2.04. The van der Waals surface area contributed by atoms with Crippen molar-refractivity contribution in [2.24, 2.45) is 5.16 Å². The Labute approximate surface area is 112 Å². The normalized spacial score (nSPS) is 16.8. The molecule has 0 unspecified atom stereocenters. The number of carbonyl (C=O) groups is 1. The van der Waals surface area contributed by atoms with Gasteiger partial charge in [0.05, 0.1) is 12.7 Å². The lowest BCUT2D eigenvalue weighted by molar-refractivity contribution is 0.0756. The number of amides is 1. The van der Waals surface area contributed by atoms with Gasteiger partial charge in [-0.3, -0.25) is 9.69 Å². The van der Waals surface area contributed by atoms with E-state index in [9.17, 15) is 4.79 Å². The van der Waals surface area contributed by atoms with Crippen molar-refractivity contribution in [2.45, 2.75) is 26.3 Å². The molecular formula is C14H18N2O3. The van der Waals surface area contributed by atoms with Gasteiger partial charge in [0.2, 0.25) is 0 Å². The Morgan fingerprint density at radius 3 is 2.37 bits per heavy atom. The molecule has 1 aliphatic rings. The molecule has 0 aliphatic carbocycles. The van der Waals surface area contributed by atoms with E-state index in [0.29, 0.717) is 17.1 Å². The third-order valence-electron chi connectivity index (χ3n) is 2.96. The zero-order valence-electron chi connectivity index (χ0n) is 11.9. The second kappa shape index (κ2) is 4.57. The van der Waals surface area contributed by atoms with Crippen molar-refractivity contribution in [3.63, 3.8) is 0 Å². The summed E-state index contributed by atoms with van der Waals surface area (Å²) in [5.41, 5.74) is 0.980. The molecule has 1 aromatic rings. The molecule has 1 aliphatic heterocycles. The van der Waals surface area contributed by atoms with Crippen LogP contribution in [0.15, 0.2) is 23.4 Å². The highest BCUT2D eigenvalue weighted by Gasteiger charge is 2.41. The maximum Gasteiger partial charge on any atom is 0.260 e. The zero-order valence-corrected chi connectivity index (χ0v) is 11.9. The summed E-state index contributed by atoms with van der Waals surface area (Å²) < 4.78 is 5.20. The highest BCUT2D eigenvalue weighted by Crippen LogP contribution is 2.32. The number of nitrogens with zero attached hydrogens (tertiary/aromatic N) is 2. The van der Waals surface area contributed by atoms with Crippen LogP contribution in [-0.2, 0) is 4.84 Å². The lowest BCUT2D eigenvalue weighted by Gasteiger charge is -2.31. The largest absolute Gasteiger partial charge is 0.497 e. The predicted octanol–water partition coefficient (Wildman–Crippen LogP) is 2.26. The fraction of sp³-hybridized carbons (Fsp3) is 0.429. The quantitative estimate of drug-likeness (QED) is 0.768. The first-order chi connectivity index (χ1) is 8.90. The molecule has 1 amide bonds. The summed E-state index contributed by atoms with van der Waals surface area (Å²) in [6.45, 7) is 5.87. The van der Waals surface area contributed by atoms with Gasteiger partial charge < -0.3 is 9.57 Å². The maximum absolute atomic E-state index is 12.5. The molecule has 0 bridgehead atoms. The second-order valence-electron chi connectivity index (χ2n) is 5.32. The van der Waals surface area contributed by atoms with Crippen molar-refractivity contribution >= 4 is 11.7 Å². The summed E-state index contributed by atoms with van der Waals surface area (Å²) in [5, 5.41) is 4.00. The Balaban J connectivity index is 2.61. The van der Waals surface area contributed by atoms with Crippen molar-refractivity contribution in [3.8, 4) is 5.75 Å². The minimum absolute atomic E-state index is 0.0686. The molecule has 102 valence electrons. The van der Waals surface area contributed by atoms with E-state index in [1.54, 1.807) is 30.2 Å². The van der Waals surface area contributed by atoms with Crippen LogP contribution in [0.25, 0.3) is 0 Å². The molecule has 0 N–H and O–H groups in total. The molecule has 19 heavy (non-hydrogen) atoms. The molecule has 5 heteroatoms. The molecule has 0 atom stereocenters. The molecule has 1 heterocycles. The van der Waals surface area contributed by atoms with Crippen LogP contribution in [0.3, 0.4) is 0 Å². The molecule has 0 spiro atoms. The van der Waals surface area contributed by atoms with Gasteiger partial charge in [0, 0.05) is 11.1 Å². The zero-order chi connectivity index (χ0) is 14.2. The van der Waals surface area contributed by atoms with Crippen LogP contribution in [0.4, 0.5) is 0 Å². The lowest BCUT2D eigenvalue weighted by atomic mass is 10.1. The third-order valence-corrected chi connectivity index (χ3v) is 2.96. The summed E-state index contributed by atoms with van der Waals surface area (Å²) in [7, 11) is 3.06. The van der Waals surface area contributed by atoms with Crippen molar-refractivity contribution in [1.29, 1.82) is 0 Å². The average molecular weight is 262 g/mol. The number of amidine groups is 1. The van der Waals surface area contributed by atoms with Crippen molar-refractivity contribution < 1.29 is 14.4 Å². The van der Waals surface area contributed by atoms with Gasteiger partial charge in [0.15, 0.2) is 5.84 Å². The van der Waals surface area contributed by atoms with Crippen LogP contribution in [0.5, 0.6) is 5.75 Å². The third kappa shape index (κ3) is 2.16. The molecule has 0 saturated carbocycles. The number of rotatable bonds is 2. The molecule has 0 fully saturated rings. The number of fused-ring (bicyclic) bond motifs is 1. The maximum atomic E-state index is 12.5. The molecule has 5 nitrogen and oxygen atoms in total. The van der Waals surface area contributed by atoms with Gasteiger partial charge in [-0.1, -0.05) is 5.16 Å². The van der Waals surface area contributed by atoms with Gasteiger partial charge in [0.1, 0.15) is 12.9 Å². The number of methoxy groups -OCH3 is 1. The predicted molar refractivity (Wildman–Crippen MR) is 72.5 cm³/mol.